The zero-order chi connectivity index (χ0) is 18.8. The Bertz CT molecular complexity index is 1180. The van der Waals surface area contributed by atoms with E-state index in [4.69, 9.17) is 9.15 Å². The Balaban J connectivity index is 1.52. The van der Waals surface area contributed by atoms with Gasteiger partial charge in [0.1, 0.15) is 0 Å². The number of hydrogen-bond donors (Lipinski definition) is 1. The van der Waals surface area contributed by atoms with E-state index in [1.807, 2.05) is 24.3 Å². The molecule has 4 rings (SSSR count). The Morgan fingerprint density at radius 2 is 1.89 bits per heavy atom. The molecule has 0 aliphatic heterocycles. The molecule has 0 fully saturated rings. The van der Waals surface area contributed by atoms with Crippen LogP contribution in [0, 0.1) is 0 Å². The topological polar surface area (TPSA) is 98.1 Å². The molecule has 0 saturated heterocycles. The summed E-state index contributed by atoms with van der Waals surface area (Å²) in [5.41, 5.74) is 1.12. The number of aromatic amines is 1. The van der Waals surface area contributed by atoms with E-state index in [-0.39, 0.29) is 23.6 Å². The van der Waals surface area contributed by atoms with Gasteiger partial charge in [0.15, 0.2) is 6.61 Å². The zero-order valence-corrected chi connectivity index (χ0v) is 15.4. The van der Waals surface area contributed by atoms with Gasteiger partial charge in [-0.05, 0) is 30.3 Å². The molecule has 27 heavy (non-hydrogen) atoms. The van der Waals surface area contributed by atoms with E-state index < -0.39 is 5.97 Å². The van der Waals surface area contributed by atoms with E-state index in [0.29, 0.717) is 16.8 Å². The van der Waals surface area contributed by atoms with Gasteiger partial charge in [0, 0.05) is 27.0 Å². The van der Waals surface area contributed by atoms with E-state index in [9.17, 15) is 9.59 Å². The van der Waals surface area contributed by atoms with Gasteiger partial charge in [0.2, 0.25) is 11.4 Å². The average Bonchev–Trinajstić information content (AvgIpc) is 3.15. The Labute approximate surface area is 161 Å². The summed E-state index contributed by atoms with van der Waals surface area (Å²) in [5.74, 6) is -0.147. The van der Waals surface area contributed by atoms with Crippen LogP contribution in [0.1, 0.15) is 16.2 Å². The minimum absolute atomic E-state index is 0.162. The van der Waals surface area contributed by atoms with Gasteiger partial charge in [-0.1, -0.05) is 34.1 Å². The molecule has 0 amide bonds. The number of pyridine rings is 1. The lowest BCUT2D eigenvalue weighted by Crippen LogP contribution is -2.13. The number of nitrogens with zero attached hydrogens (tertiary/aromatic N) is 2. The molecule has 1 N–H and O–H groups in total. The van der Waals surface area contributed by atoms with Crippen molar-refractivity contribution in [3.8, 4) is 11.5 Å². The highest BCUT2D eigenvalue weighted by atomic mass is 79.9. The maximum atomic E-state index is 12.4. The summed E-state index contributed by atoms with van der Waals surface area (Å²) in [6.07, 6.45) is 0. The number of benzene rings is 2. The molecular formula is C19H12BrN3O4. The lowest BCUT2D eigenvalue weighted by Gasteiger charge is -2.05. The third-order valence-electron chi connectivity index (χ3n) is 3.86. The molecule has 0 unspecified atom stereocenters. The minimum atomic E-state index is -0.638. The van der Waals surface area contributed by atoms with Crippen LogP contribution in [0.5, 0.6) is 0 Å². The first-order chi connectivity index (χ1) is 13.1. The van der Waals surface area contributed by atoms with E-state index >= 15 is 0 Å². The lowest BCUT2D eigenvalue weighted by molar-refractivity contribution is 0.0441. The number of aromatic nitrogens is 3. The highest BCUT2D eigenvalue weighted by molar-refractivity contribution is 9.10. The van der Waals surface area contributed by atoms with Crippen LogP contribution in [-0.4, -0.2) is 21.2 Å². The molecule has 0 bridgehead atoms. The van der Waals surface area contributed by atoms with Crippen molar-refractivity contribution >= 4 is 32.8 Å². The summed E-state index contributed by atoms with van der Waals surface area (Å²) < 4.78 is 11.7. The second-order valence-electron chi connectivity index (χ2n) is 5.68. The van der Waals surface area contributed by atoms with Gasteiger partial charge in [-0.15, -0.1) is 10.2 Å². The van der Waals surface area contributed by atoms with E-state index in [0.717, 1.165) is 10.0 Å². The second-order valence-corrected chi connectivity index (χ2v) is 6.59. The maximum Gasteiger partial charge on any atom is 0.339 e. The summed E-state index contributed by atoms with van der Waals surface area (Å²) in [7, 11) is 0. The van der Waals surface area contributed by atoms with Gasteiger partial charge in [-0.2, -0.15) is 0 Å². The summed E-state index contributed by atoms with van der Waals surface area (Å²) >= 11 is 3.36. The number of halogens is 1. The first kappa shape index (κ1) is 17.2. The zero-order valence-electron chi connectivity index (χ0n) is 13.8. The molecule has 2 aromatic carbocycles. The van der Waals surface area contributed by atoms with Crippen LogP contribution in [0.15, 0.2) is 68.3 Å². The molecule has 0 saturated carbocycles. The van der Waals surface area contributed by atoms with E-state index in [1.54, 1.807) is 24.3 Å². The molecule has 0 radical (unpaired) electrons. The van der Waals surface area contributed by atoms with Crippen LogP contribution < -0.4 is 5.56 Å². The minimum Gasteiger partial charge on any atom is -0.452 e. The molecule has 0 aliphatic carbocycles. The quantitative estimate of drug-likeness (QED) is 0.500. The summed E-state index contributed by atoms with van der Waals surface area (Å²) in [6.45, 7) is -0.191. The number of ether oxygens (including phenoxy) is 1. The number of carbonyl (C=O) groups is 1. The number of fused-ring (bicyclic) bond motifs is 1. The van der Waals surface area contributed by atoms with Crippen LogP contribution in [-0.2, 0) is 11.3 Å². The van der Waals surface area contributed by atoms with Gasteiger partial charge in [0.25, 0.3) is 5.89 Å². The van der Waals surface area contributed by atoms with Crippen molar-refractivity contribution < 1.29 is 13.9 Å². The lowest BCUT2D eigenvalue weighted by atomic mass is 10.1. The molecule has 134 valence electrons. The van der Waals surface area contributed by atoms with Crippen molar-refractivity contribution in [1.29, 1.82) is 0 Å². The number of H-pyrrole nitrogens is 1. The normalized spacial score (nSPS) is 10.9. The molecule has 0 aliphatic rings. The Morgan fingerprint density at radius 1 is 1.11 bits per heavy atom. The maximum absolute atomic E-state index is 12.4. The van der Waals surface area contributed by atoms with Crippen LogP contribution >= 0.6 is 15.9 Å². The molecule has 8 heteroatoms. The van der Waals surface area contributed by atoms with Gasteiger partial charge >= 0.3 is 5.97 Å². The van der Waals surface area contributed by atoms with Crippen molar-refractivity contribution in [2.24, 2.45) is 0 Å². The third kappa shape index (κ3) is 3.65. The first-order valence-electron chi connectivity index (χ1n) is 7.98. The highest BCUT2D eigenvalue weighted by Crippen LogP contribution is 2.21. The first-order valence-corrected chi connectivity index (χ1v) is 8.77. The number of hydrogen-bond acceptors (Lipinski definition) is 6. The SMILES string of the molecule is O=C(OCc1nnc(-c2ccc(Br)cc2)o1)c1cc(=O)[nH]c2ccccc12. The molecule has 7 nitrogen and oxygen atoms in total. The van der Waals surface area contributed by atoms with E-state index in [2.05, 4.69) is 31.1 Å². The molecular weight excluding hydrogens is 414 g/mol. The Kier molecular flexibility index (Phi) is 4.55. The number of nitrogens with one attached hydrogen (secondary N) is 1. The number of para-hydroxylation sites is 1. The molecule has 2 aromatic heterocycles. The molecule has 0 spiro atoms. The van der Waals surface area contributed by atoms with Crippen molar-refractivity contribution in [2.75, 3.05) is 0 Å². The third-order valence-corrected chi connectivity index (χ3v) is 4.38. The van der Waals surface area contributed by atoms with Gasteiger partial charge in [0.05, 0.1) is 5.56 Å². The van der Waals surface area contributed by atoms with Crippen molar-refractivity contribution in [3.05, 3.63) is 80.9 Å². The number of carbonyl (C=O) groups excluding carboxylic acids is 1. The van der Waals surface area contributed by atoms with Gasteiger partial charge < -0.3 is 14.1 Å². The van der Waals surface area contributed by atoms with Gasteiger partial charge in [-0.25, -0.2) is 4.79 Å². The van der Waals surface area contributed by atoms with Crippen molar-refractivity contribution in [3.63, 3.8) is 0 Å². The summed E-state index contributed by atoms with van der Waals surface area (Å²) in [6, 6.07) is 15.6. The van der Waals surface area contributed by atoms with Gasteiger partial charge in [-0.3, -0.25) is 4.79 Å². The van der Waals surface area contributed by atoms with Crippen LogP contribution in [0.25, 0.3) is 22.4 Å². The van der Waals surface area contributed by atoms with E-state index in [1.165, 1.54) is 6.07 Å². The summed E-state index contributed by atoms with van der Waals surface area (Å²) in [5, 5.41) is 8.44. The smallest absolute Gasteiger partial charge is 0.339 e. The molecule has 0 atom stereocenters. The Morgan fingerprint density at radius 3 is 2.70 bits per heavy atom. The fourth-order valence-corrected chi connectivity index (χ4v) is 2.86. The fourth-order valence-electron chi connectivity index (χ4n) is 2.60. The predicted molar refractivity (Wildman–Crippen MR) is 101 cm³/mol. The monoisotopic (exact) mass is 425 g/mol. The number of rotatable bonds is 4. The average molecular weight is 426 g/mol. The molecule has 4 aromatic rings. The van der Waals surface area contributed by atoms with Crippen LogP contribution in [0.2, 0.25) is 0 Å². The van der Waals surface area contributed by atoms with Crippen molar-refractivity contribution in [2.45, 2.75) is 6.61 Å². The second kappa shape index (κ2) is 7.16. The van der Waals surface area contributed by atoms with Crippen LogP contribution in [0.3, 0.4) is 0 Å². The van der Waals surface area contributed by atoms with Crippen LogP contribution in [0.4, 0.5) is 0 Å². The standard InChI is InChI=1S/C19H12BrN3O4/c20-12-7-5-11(6-8-12)18-23-22-17(27-18)10-26-19(25)14-9-16(24)21-15-4-2-1-3-13(14)15/h1-9H,10H2,(H,21,24). The largest absolute Gasteiger partial charge is 0.452 e. The highest BCUT2D eigenvalue weighted by Gasteiger charge is 2.15. The number of esters is 1. The Hall–Kier alpha value is -3.26. The molecule has 2 heterocycles. The predicted octanol–water partition coefficient (Wildman–Crippen LogP) is 3.70. The summed E-state index contributed by atoms with van der Waals surface area (Å²) in [4.78, 5) is 26.9. The fraction of sp³-hybridized carbons (Fsp3) is 0.0526. The van der Waals surface area contributed by atoms with Crippen molar-refractivity contribution in [1.82, 2.24) is 15.2 Å².